The fraction of sp³-hybridized carbons (Fsp3) is 0.0811. The Hall–Kier alpha value is -7.64. The minimum absolute atomic E-state index is 0.00480. The molecular weight excluding hydrogens is 758 g/mol. The molecule has 14 nitrogen and oxygen atoms in total. The van der Waals surface area contributed by atoms with Crippen LogP contribution in [0.1, 0.15) is 37.7 Å². The molecule has 0 fully saturated rings. The lowest BCUT2D eigenvalue weighted by molar-refractivity contribution is -0.657. The Kier molecular flexibility index (Phi) is 8.86. The highest BCUT2D eigenvalue weighted by atomic mass is 19.4. The number of alkyl halides is 6. The first-order chi connectivity index (χ1) is 27.3. The lowest BCUT2D eigenvalue weighted by atomic mass is 10.0. The third-order valence-electron chi connectivity index (χ3n) is 8.59. The average molecular weight is 782 g/mol. The van der Waals surface area contributed by atoms with Crippen LogP contribution in [0.3, 0.4) is 0 Å². The molecule has 2 N–H and O–H groups in total. The topological polar surface area (TPSA) is 161 Å². The molecule has 284 valence electrons. The molecule has 57 heavy (non-hydrogen) atoms. The van der Waals surface area contributed by atoms with Crippen molar-refractivity contribution in [1.82, 2.24) is 44.3 Å². The maximum Gasteiger partial charge on any atom is 0.417 e. The van der Waals surface area contributed by atoms with Crippen LogP contribution in [0.5, 0.6) is 0 Å². The first-order valence-electron chi connectivity index (χ1n) is 16.6. The molecule has 0 bridgehead atoms. The predicted molar refractivity (Wildman–Crippen MR) is 189 cm³/mol. The Bertz CT molecular complexity index is 2860. The van der Waals surface area contributed by atoms with E-state index in [4.69, 9.17) is 0 Å². The fourth-order valence-corrected chi connectivity index (χ4v) is 6.05. The summed E-state index contributed by atoms with van der Waals surface area (Å²) in [5, 5.41) is 18.4. The van der Waals surface area contributed by atoms with Crippen molar-refractivity contribution in [3.63, 3.8) is 0 Å². The number of carbonyl (C=O) groups is 2. The highest BCUT2D eigenvalue weighted by Gasteiger charge is 2.36. The number of aromatic nitrogens is 10. The number of nitrogens with one attached hydrogen (secondary N) is 2. The Morgan fingerprint density at radius 1 is 0.667 bits per heavy atom. The summed E-state index contributed by atoms with van der Waals surface area (Å²) in [7, 11) is 0. The Balaban J connectivity index is 1.19. The number of nitrogens with zero attached hydrogens (tertiary/aromatic N) is 10. The van der Waals surface area contributed by atoms with Gasteiger partial charge in [-0.3, -0.25) is 9.59 Å². The summed E-state index contributed by atoms with van der Waals surface area (Å²) in [5.74, 6) is -1.44. The van der Waals surface area contributed by atoms with Gasteiger partial charge in [-0.25, -0.2) is 29.0 Å². The number of carbonyl (C=O) groups excluding carboxylic acids is 2. The Labute approximate surface area is 315 Å². The molecule has 6 aromatic heterocycles. The van der Waals surface area contributed by atoms with Crippen molar-refractivity contribution >= 4 is 34.7 Å². The molecule has 0 atom stereocenters. The van der Waals surface area contributed by atoms with Gasteiger partial charge in [0.05, 0.1) is 34.9 Å². The van der Waals surface area contributed by atoms with Crippen molar-refractivity contribution in [3.8, 4) is 28.2 Å². The second-order valence-electron chi connectivity index (χ2n) is 12.3. The molecule has 0 aliphatic rings. The Morgan fingerprint density at radius 3 is 1.82 bits per heavy atom. The molecule has 0 unspecified atom stereocenters. The van der Waals surface area contributed by atoms with E-state index in [9.17, 15) is 35.9 Å². The second-order valence-corrected chi connectivity index (χ2v) is 12.3. The van der Waals surface area contributed by atoms with Gasteiger partial charge < -0.3 is 10.6 Å². The van der Waals surface area contributed by atoms with Crippen LogP contribution in [0, 0.1) is 6.92 Å². The van der Waals surface area contributed by atoms with E-state index in [2.05, 4.69) is 45.9 Å². The van der Waals surface area contributed by atoms with E-state index >= 15 is 0 Å². The van der Waals surface area contributed by atoms with Gasteiger partial charge in [0.15, 0.2) is 17.0 Å². The number of imidazole rings is 2. The zero-order chi connectivity index (χ0) is 40.1. The summed E-state index contributed by atoms with van der Waals surface area (Å²) in [5.41, 5.74) is -2.21. The third kappa shape index (κ3) is 6.94. The number of hydrogen-bond donors (Lipinski definition) is 2. The van der Waals surface area contributed by atoms with Gasteiger partial charge in [-0.2, -0.15) is 36.5 Å². The molecule has 6 heterocycles. The fourth-order valence-electron chi connectivity index (χ4n) is 6.05. The van der Waals surface area contributed by atoms with Gasteiger partial charge in [0, 0.05) is 34.6 Å². The first kappa shape index (κ1) is 36.3. The molecule has 2 aromatic carbocycles. The maximum atomic E-state index is 14.2. The first-order valence-corrected chi connectivity index (χ1v) is 16.6. The minimum Gasteiger partial charge on any atom is -0.305 e. The van der Waals surface area contributed by atoms with E-state index in [0.29, 0.717) is 5.56 Å². The summed E-state index contributed by atoms with van der Waals surface area (Å²) in [6, 6.07) is 16.7. The highest BCUT2D eigenvalue weighted by molar-refractivity contribution is 6.03. The van der Waals surface area contributed by atoms with Crippen molar-refractivity contribution in [3.05, 3.63) is 138 Å². The standard InChI is InChI=1S/C37H22F6N12O2/c1-20-15-25(21-7-2-4-9-23(21)36(38,39)40)50-54-28(17-45-32(20)54)35(57)49-31-11-6-14-53(52-31)27-16-26(22-8-3-5-10-24(22)37(41,42)43)51-55-29(18-46-33(27)55)34(56)48-30-12-13-44-19-47-30/h2-19H,1H3,(H-,44,47,48,49,52,56,57)/p+1. The van der Waals surface area contributed by atoms with Crippen LogP contribution in [-0.4, -0.2) is 56.1 Å². The molecule has 0 saturated carbocycles. The number of rotatable bonds is 7. The number of hydrogen-bond acceptors (Lipinski definition) is 9. The number of anilines is 2. The van der Waals surface area contributed by atoms with Crippen molar-refractivity contribution in [2.24, 2.45) is 0 Å². The van der Waals surface area contributed by atoms with Crippen LogP contribution >= 0.6 is 0 Å². The molecule has 2 amide bonds. The lowest BCUT2D eigenvalue weighted by Crippen LogP contribution is -2.37. The summed E-state index contributed by atoms with van der Waals surface area (Å²) in [6.07, 6.45) is -3.01. The molecule has 0 saturated heterocycles. The van der Waals surface area contributed by atoms with E-state index in [-0.39, 0.29) is 62.5 Å². The van der Waals surface area contributed by atoms with Gasteiger partial charge in [-0.05, 0) is 47.5 Å². The van der Waals surface area contributed by atoms with Crippen LogP contribution in [0.4, 0.5) is 38.0 Å². The van der Waals surface area contributed by atoms with Crippen molar-refractivity contribution in [2.75, 3.05) is 10.6 Å². The number of fused-ring (bicyclic) bond motifs is 2. The second kappa shape index (κ2) is 13.9. The SMILES string of the molecule is Cc1cc(-c2ccccc2C(F)(F)F)nn2c(C(=O)Nc3ccc[n+](-c4cc(-c5ccccc5C(F)(F)F)nn5c(C(=O)Nc6ccncn6)cnc45)n3)cnc12. The molecule has 0 spiro atoms. The minimum atomic E-state index is -4.77. The van der Waals surface area contributed by atoms with Crippen molar-refractivity contribution in [1.29, 1.82) is 0 Å². The van der Waals surface area contributed by atoms with E-state index in [1.165, 1.54) is 103 Å². The van der Waals surface area contributed by atoms with Crippen molar-refractivity contribution < 1.29 is 40.6 Å². The Morgan fingerprint density at radius 2 is 1.23 bits per heavy atom. The highest BCUT2D eigenvalue weighted by Crippen LogP contribution is 2.38. The van der Waals surface area contributed by atoms with Crippen LogP contribution < -0.4 is 15.3 Å². The zero-order valence-corrected chi connectivity index (χ0v) is 28.9. The monoisotopic (exact) mass is 781 g/mol. The molecule has 20 heteroatoms. The van der Waals surface area contributed by atoms with Crippen LogP contribution in [0.2, 0.25) is 0 Å². The summed E-state index contributed by atoms with van der Waals surface area (Å²) in [6.45, 7) is 1.62. The quantitative estimate of drug-likeness (QED) is 0.137. The largest absolute Gasteiger partial charge is 0.417 e. The average Bonchev–Trinajstić information content (AvgIpc) is 3.83. The van der Waals surface area contributed by atoms with E-state index in [0.717, 1.165) is 21.2 Å². The van der Waals surface area contributed by atoms with Crippen LogP contribution in [-0.2, 0) is 12.4 Å². The summed E-state index contributed by atoms with van der Waals surface area (Å²) >= 11 is 0. The van der Waals surface area contributed by atoms with E-state index in [1.807, 2.05) is 0 Å². The normalized spacial score (nSPS) is 11.9. The van der Waals surface area contributed by atoms with Gasteiger partial charge in [0.1, 0.15) is 12.1 Å². The summed E-state index contributed by atoms with van der Waals surface area (Å²) in [4.78, 5) is 43.4. The molecule has 8 rings (SSSR count). The van der Waals surface area contributed by atoms with Gasteiger partial charge in [-0.15, -0.1) is 0 Å². The lowest BCUT2D eigenvalue weighted by Gasteiger charge is -2.13. The molecule has 0 aliphatic carbocycles. The maximum absolute atomic E-state index is 14.2. The van der Waals surface area contributed by atoms with E-state index in [1.54, 1.807) is 6.92 Å². The number of halogens is 6. The summed E-state index contributed by atoms with van der Waals surface area (Å²) < 4.78 is 87.7. The third-order valence-corrected chi connectivity index (χ3v) is 8.59. The number of benzene rings is 2. The van der Waals surface area contributed by atoms with Crippen LogP contribution in [0.25, 0.3) is 39.5 Å². The smallest absolute Gasteiger partial charge is 0.305 e. The van der Waals surface area contributed by atoms with E-state index < -0.39 is 35.3 Å². The van der Waals surface area contributed by atoms with Gasteiger partial charge >= 0.3 is 12.4 Å². The van der Waals surface area contributed by atoms with Gasteiger partial charge in [0.25, 0.3) is 17.5 Å². The molecular formula is C37H23F6N12O2+. The predicted octanol–water partition coefficient (Wildman–Crippen LogP) is 6.42. The molecule has 0 aliphatic heterocycles. The molecule has 0 radical (unpaired) electrons. The number of amides is 2. The number of aryl methyl sites for hydroxylation is 1. The van der Waals surface area contributed by atoms with Gasteiger partial charge in [0.2, 0.25) is 17.7 Å². The van der Waals surface area contributed by atoms with Gasteiger partial charge in [-0.1, -0.05) is 36.4 Å². The van der Waals surface area contributed by atoms with Crippen molar-refractivity contribution in [2.45, 2.75) is 19.3 Å². The molecule has 8 aromatic rings. The van der Waals surface area contributed by atoms with Crippen LogP contribution in [0.15, 0.2) is 110 Å². The zero-order valence-electron chi connectivity index (χ0n) is 28.9.